The summed E-state index contributed by atoms with van der Waals surface area (Å²) in [5.41, 5.74) is 5.49. The van der Waals surface area contributed by atoms with E-state index >= 15 is 0 Å². The number of hydrogen-bond donors (Lipinski definition) is 6. The molecular formula is C54H72N6O13. The molecule has 396 valence electrons. The number of carbonyl (C=O) groups is 9. The van der Waals surface area contributed by atoms with Crippen LogP contribution in [-0.2, 0) is 54.3 Å². The van der Waals surface area contributed by atoms with Crippen LogP contribution < -0.4 is 27.0 Å². The molecule has 19 heteroatoms. The van der Waals surface area contributed by atoms with Crippen molar-refractivity contribution in [3.8, 4) is 0 Å². The largest absolute Gasteiger partial charge is 0.441 e. The van der Waals surface area contributed by atoms with Crippen LogP contribution in [0.15, 0.2) is 60.2 Å². The number of hydrogen-bond acceptors (Lipinski definition) is 13. The number of amides is 7. The molecule has 1 aromatic rings. The van der Waals surface area contributed by atoms with Crippen molar-refractivity contribution in [1.29, 1.82) is 0 Å². The Morgan fingerprint density at radius 3 is 2.38 bits per heavy atom. The van der Waals surface area contributed by atoms with E-state index in [9.17, 15) is 48.3 Å². The molecule has 19 nitrogen and oxygen atoms in total. The van der Waals surface area contributed by atoms with E-state index in [0.29, 0.717) is 56.2 Å². The number of imide groups is 1. The van der Waals surface area contributed by atoms with Gasteiger partial charge in [-0.25, -0.2) is 9.59 Å². The Kier molecular flexibility index (Phi) is 17.9. The van der Waals surface area contributed by atoms with Gasteiger partial charge in [0.15, 0.2) is 30.1 Å². The second kappa shape index (κ2) is 23.9. The molecule has 4 fully saturated rings. The highest BCUT2D eigenvalue weighted by Gasteiger charge is 2.70. The van der Waals surface area contributed by atoms with E-state index < -0.39 is 71.9 Å². The molecule has 0 radical (unpaired) electrons. The number of ketones is 3. The number of aliphatic hydroxyl groups excluding tert-OH is 1. The van der Waals surface area contributed by atoms with Crippen molar-refractivity contribution < 1.29 is 62.5 Å². The van der Waals surface area contributed by atoms with Gasteiger partial charge in [0.2, 0.25) is 17.6 Å². The van der Waals surface area contributed by atoms with E-state index in [1.807, 2.05) is 13.0 Å². The van der Waals surface area contributed by atoms with Crippen LogP contribution in [0.4, 0.5) is 15.3 Å². The number of benzene rings is 1. The number of aliphatic hydroxyl groups is 1. The monoisotopic (exact) mass is 1010 g/mol. The topological polar surface area (TPSA) is 279 Å². The number of nitrogens with zero attached hydrogens (tertiary/aromatic N) is 1. The number of primary amides is 1. The molecule has 2 aliphatic heterocycles. The Balaban J connectivity index is 0.902. The van der Waals surface area contributed by atoms with Crippen LogP contribution in [0.5, 0.6) is 0 Å². The zero-order valence-corrected chi connectivity index (χ0v) is 42.4. The number of Topliss-reactive ketones (excluding diaryl/α,β-unsaturated/α-hetero) is 2. The fourth-order valence-electron chi connectivity index (χ4n) is 12.4. The summed E-state index contributed by atoms with van der Waals surface area (Å²) in [4.78, 5) is 116. The lowest BCUT2D eigenvalue weighted by Gasteiger charge is -2.56. The smallest absolute Gasteiger partial charge is 0.407 e. The van der Waals surface area contributed by atoms with Crippen LogP contribution in [-0.4, -0.2) is 113 Å². The van der Waals surface area contributed by atoms with Gasteiger partial charge in [0.25, 0.3) is 11.8 Å². The second-order valence-corrected chi connectivity index (χ2v) is 21.1. The fraction of sp³-hybridized carbons (Fsp3) is 0.611. The normalized spacial score (nSPS) is 28.6. The summed E-state index contributed by atoms with van der Waals surface area (Å²) in [5.74, 6) is -3.76. The van der Waals surface area contributed by atoms with Gasteiger partial charge in [-0.2, -0.15) is 0 Å². The molecule has 0 bridgehead atoms. The van der Waals surface area contributed by atoms with E-state index in [1.54, 1.807) is 50.3 Å². The molecular weight excluding hydrogens is 941 g/mol. The molecule has 1 aromatic carbocycles. The van der Waals surface area contributed by atoms with Crippen LogP contribution in [0, 0.1) is 40.9 Å². The highest BCUT2D eigenvalue weighted by atomic mass is 16.7. The van der Waals surface area contributed by atoms with Gasteiger partial charge in [-0.3, -0.25) is 38.5 Å². The molecule has 2 unspecified atom stereocenters. The fourth-order valence-corrected chi connectivity index (χ4v) is 12.4. The van der Waals surface area contributed by atoms with Gasteiger partial charge < -0.3 is 46.3 Å². The summed E-state index contributed by atoms with van der Waals surface area (Å²) in [7, 11) is 0. The van der Waals surface area contributed by atoms with Gasteiger partial charge in [-0.15, -0.1) is 0 Å². The summed E-state index contributed by atoms with van der Waals surface area (Å²) < 4.78 is 18.6. The zero-order chi connectivity index (χ0) is 52.6. The number of alkyl carbamates (subject to hydrolysis) is 1. The van der Waals surface area contributed by atoms with Gasteiger partial charge in [-0.1, -0.05) is 64.3 Å². The Morgan fingerprint density at radius 1 is 0.945 bits per heavy atom. The van der Waals surface area contributed by atoms with E-state index in [-0.39, 0.29) is 97.8 Å². The SMILES string of the molecule is CCCC1O[C@@H]2C[C@@H]3C(C[C@H](O)[C@H]4[C@H]3CCC3=CC(=O)C=C[C@@]34C)[C@]2(C(=O)COC(=O)NCc2ccc(NC(=O)[C@H](CCCNC(N)=O)CC(=O)[C@@H](NC(=O)CCCCCN3C(=O)C=CC3=O)C(C)C)cc2)O1. The van der Waals surface area contributed by atoms with E-state index in [1.165, 1.54) is 12.2 Å². The molecule has 0 spiro atoms. The van der Waals surface area contributed by atoms with Gasteiger partial charge >= 0.3 is 12.1 Å². The average molecular weight is 1010 g/mol. The number of unbranched alkanes of at least 4 members (excludes halogenated alkanes) is 2. The maximum atomic E-state index is 14.4. The lowest BCUT2D eigenvalue weighted by Crippen LogP contribution is -2.58. The van der Waals surface area contributed by atoms with Crippen molar-refractivity contribution in [2.45, 2.75) is 148 Å². The number of rotatable bonds is 24. The molecule has 3 saturated carbocycles. The number of anilines is 1. The summed E-state index contributed by atoms with van der Waals surface area (Å²) in [6.07, 6.45) is 10.8. The molecule has 7 rings (SSSR count). The molecule has 11 atom stereocenters. The minimum atomic E-state index is -1.38. The van der Waals surface area contributed by atoms with Crippen molar-refractivity contribution in [2.24, 2.45) is 46.7 Å². The lowest BCUT2D eigenvalue weighted by atomic mass is 9.49. The maximum Gasteiger partial charge on any atom is 0.407 e. The number of carbonyl (C=O) groups excluding carboxylic acids is 9. The Labute approximate surface area is 426 Å². The molecule has 7 N–H and O–H groups in total. The molecule has 6 aliphatic rings. The quantitative estimate of drug-likeness (QED) is 0.0598. The van der Waals surface area contributed by atoms with Gasteiger partial charge in [-0.05, 0) is 105 Å². The number of allylic oxidation sites excluding steroid dienone is 4. The van der Waals surface area contributed by atoms with Gasteiger partial charge in [0.05, 0.1) is 18.2 Å². The van der Waals surface area contributed by atoms with Crippen LogP contribution in [0.2, 0.25) is 0 Å². The standard InChI is InChI=1S/C54H72N6O13/c1-5-10-47-72-43-27-38-37-18-15-34-26-36(61)21-22-53(34,4)48(37)40(62)28-39(38)54(43,73-47)42(64)30-71-52(70)57-29-32-13-16-35(17-14-32)58-50(68)33(11-9-23-56-51(55)69)25-41(63)49(31(2)3)59-44(65)12-7-6-8-24-60-45(66)19-20-46(60)67/h13-14,16-17,19-22,26,31,33,37-40,43,47-49,62H,5-12,15,18,23-25,27-30H2,1-4H3,(H,57,70)(H,58,68)(H,59,65)(H3,55,56,69)/t33-,37+,38+,39?,40+,43-,47?,48-,49+,53+,54-/m1/s1. The first-order valence-corrected chi connectivity index (χ1v) is 26.0. The van der Waals surface area contributed by atoms with Crippen LogP contribution >= 0.6 is 0 Å². The van der Waals surface area contributed by atoms with Gasteiger partial charge in [0, 0.05) is 73.5 Å². The minimum absolute atomic E-state index is 0.0221. The second-order valence-electron chi connectivity index (χ2n) is 21.1. The number of ether oxygens (including phenoxy) is 3. The van der Waals surface area contributed by atoms with Gasteiger partial charge in [0.1, 0.15) is 0 Å². The Morgan fingerprint density at radius 2 is 1.68 bits per heavy atom. The van der Waals surface area contributed by atoms with Crippen molar-refractivity contribution in [1.82, 2.24) is 20.9 Å². The first-order valence-electron chi connectivity index (χ1n) is 26.0. The summed E-state index contributed by atoms with van der Waals surface area (Å²) in [5, 5.41) is 22.7. The van der Waals surface area contributed by atoms with E-state index in [2.05, 4.69) is 28.2 Å². The van der Waals surface area contributed by atoms with E-state index in [4.69, 9.17) is 19.9 Å². The third kappa shape index (κ3) is 12.5. The first kappa shape index (κ1) is 54.7. The predicted octanol–water partition coefficient (Wildman–Crippen LogP) is 4.85. The lowest BCUT2D eigenvalue weighted by molar-refractivity contribution is -0.174. The van der Waals surface area contributed by atoms with Crippen LogP contribution in [0.3, 0.4) is 0 Å². The third-order valence-electron chi connectivity index (χ3n) is 16.0. The molecule has 2 heterocycles. The molecule has 4 aliphatic carbocycles. The first-order chi connectivity index (χ1) is 34.8. The molecule has 73 heavy (non-hydrogen) atoms. The molecule has 7 amide bonds. The summed E-state index contributed by atoms with van der Waals surface area (Å²) >= 11 is 0. The minimum Gasteiger partial charge on any atom is -0.441 e. The van der Waals surface area contributed by atoms with E-state index in [0.717, 1.165) is 29.7 Å². The summed E-state index contributed by atoms with van der Waals surface area (Å²) in [6.45, 7) is 7.62. The van der Waals surface area contributed by atoms with Crippen LogP contribution in [0.25, 0.3) is 0 Å². The summed E-state index contributed by atoms with van der Waals surface area (Å²) in [6, 6.07) is 5.09. The van der Waals surface area contributed by atoms with Crippen molar-refractivity contribution in [3.05, 3.63) is 65.8 Å². The zero-order valence-electron chi connectivity index (χ0n) is 42.4. The molecule has 1 saturated heterocycles. The molecule has 0 aromatic heterocycles. The number of nitrogens with two attached hydrogens (primary N) is 1. The number of urea groups is 1. The highest BCUT2D eigenvalue weighted by Crippen LogP contribution is 2.65. The van der Waals surface area contributed by atoms with Crippen molar-refractivity contribution >= 4 is 58.8 Å². The average Bonchev–Trinajstić information content (AvgIpc) is 3.98. The predicted molar refractivity (Wildman–Crippen MR) is 265 cm³/mol. The maximum absolute atomic E-state index is 14.4. The van der Waals surface area contributed by atoms with Crippen molar-refractivity contribution in [3.63, 3.8) is 0 Å². The Bertz CT molecular complexity index is 2370. The Hall–Kier alpha value is -6.05. The third-order valence-corrected chi connectivity index (χ3v) is 16.0. The number of nitrogens with one attached hydrogen (secondary N) is 4. The van der Waals surface area contributed by atoms with Crippen molar-refractivity contribution in [2.75, 3.05) is 25.0 Å². The highest BCUT2D eigenvalue weighted by molar-refractivity contribution is 6.12. The van der Waals surface area contributed by atoms with Crippen LogP contribution in [0.1, 0.15) is 117 Å². The number of fused-ring (bicyclic) bond motifs is 7.